The molecule has 0 spiro atoms. The molecule has 0 aromatic rings. The van der Waals surface area contributed by atoms with Crippen molar-refractivity contribution in [2.75, 3.05) is 40.3 Å². The van der Waals surface area contributed by atoms with Gasteiger partial charge in [0.2, 0.25) is 5.91 Å². The number of likely N-dealkylation sites (tertiary alicyclic amines) is 2. The summed E-state index contributed by atoms with van der Waals surface area (Å²) in [7, 11) is 4.43. The summed E-state index contributed by atoms with van der Waals surface area (Å²) in [5.41, 5.74) is 6.05. The minimum Gasteiger partial charge on any atom is -0.369 e. The van der Waals surface area contributed by atoms with Crippen LogP contribution in [0.15, 0.2) is 0 Å². The lowest BCUT2D eigenvalue weighted by Crippen LogP contribution is -2.57. The van der Waals surface area contributed by atoms with Crippen LogP contribution in [0.4, 0.5) is 0 Å². The molecule has 1 atom stereocenters. The molecule has 2 aliphatic heterocycles. The standard InChI is InChI=1S/C28H55N3O/c1-5-6-7-8-9-10-11-12-13-14-15-24(2)28(27(29)32,25-16-20-30(3)21-17-25)26-18-22-31(4)23-19-26/h24-26H,5-23H2,1-4H3,(H2,29,32). The van der Waals surface area contributed by atoms with E-state index in [1.165, 1.54) is 64.2 Å². The van der Waals surface area contributed by atoms with Crippen LogP contribution in [-0.4, -0.2) is 56.0 Å². The van der Waals surface area contributed by atoms with Crippen molar-refractivity contribution in [1.82, 2.24) is 9.80 Å². The highest BCUT2D eigenvalue weighted by Gasteiger charge is 2.53. The van der Waals surface area contributed by atoms with Gasteiger partial charge in [-0.15, -0.1) is 0 Å². The molecule has 2 saturated heterocycles. The van der Waals surface area contributed by atoms with Crippen molar-refractivity contribution >= 4 is 5.91 Å². The first-order valence-corrected chi connectivity index (χ1v) is 14.1. The molecule has 32 heavy (non-hydrogen) atoms. The van der Waals surface area contributed by atoms with E-state index in [9.17, 15) is 4.79 Å². The summed E-state index contributed by atoms with van der Waals surface area (Å²) in [6, 6.07) is 0. The van der Waals surface area contributed by atoms with Gasteiger partial charge in [0.1, 0.15) is 0 Å². The maximum Gasteiger partial charge on any atom is 0.224 e. The number of hydrogen-bond donors (Lipinski definition) is 1. The van der Waals surface area contributed by atoms with Gasteiger partial charge in [0.15, 0.2) is 0 Å². The Morgan fingerprint density at radius 2 is 1.16 bits per heavy atom. The van der Waals surface area contributed by atoms with Gasteiger partial charge in [0, 0.05) is 0 Å². The number of carbonyl (C=O) groups is 1. The van der Waals surface area contributed by atoms with Gasteiger partial charge in [-0.1, -0.05) is 78.1 Å². The third kappa shape index (κ3) is 7.72. The van der Waals surface area contributed by atoms with Gasteiger partial charge in [-0.2, -0.15) is 0 Å². The number of piperidine rings is 2. The lowest BCUT2D eigenvalue weighted by Gasteiger charge is -2.52. The highest BCUT2D eigenvalue weighted by atomic mass is 16.1. The Balaban J connectivity index is 1.91. The van der Waals surface area contributed by atoms with Crippen LogP contribution in [0.3, 0.4) is 0 Å². The molecular weight excluding hydrogens is 394 g/mol. The van der Waals surface area contributed by atoms with Gasteiger partial charge in [-0.05, 0) is 90.1 Å². The minimum absolute atomic E-state index is 0.0150. The molecule has 2 aliphatic rings. The van der Waals surface area contributed by atoms with Crippen LogP contribution >= 0.6 is 0 Å². The molecule has 2 N–H and O–H groups in total. The first-order chi connectivity index (χ1) is 15.4. The molecule has 188 valence electrons. The molecule has 0 bridgehead atoms. The molecule has 0 saturated carbocycles. The summed E-state index contributed by atoms with van der Waals surface area (Å²) in [6.07, 6.45) is 19.4. The number of hydrogen-bond acceptors (Lipinski definition) is 3. The number of amides is 1. The fraction of sp³-hybridized carbons (Fsp3) is 0.964. The lowest BCUT2D eigenvalue weighted by atomic mass is 9.54. The molecule has 0 radical (unpaired) electrons. The highest BCUT2D eigenvalue weighted by Crippen LogP contribution is 2.52. The van der Waals surface area contributed by atoms with E-state index in [0.29, 0.717) is 17.8 Å². The molecule has 1 amide bonds. The van der Waals surface area contributed by atoms with Gasteiger partial charge in [-0.25, -0.2) is 0 Å². The fourth-order valence-corrected chi connectivity index (χ4v) is 6.93. The van der Waals surface area contributed by atoms with Gasteiger partial charge >= 0.3 is 0 Å². The molecule has 2 heterocycles. The maximum absolute atomic E-state index is 13.3. The SMILES string of the molecule is CCCCCCCCCCCCC(C)C(C(N)=O)(C1CCN(C)CC1)C1CCN(C)CC1. The molecule has 2 rings (SSSR count). The Bertz CT molecular complexity index is 485. The Labute approximate surface area is 200 Å². The third-order valence-corrected chi connectivity index (χ3v) is 9.02. The topological polar surface area (TPSA) is 49.6 Å². The Hall–Kier alpha value is -0.610. The van der Waals surface area contributed by atoms with Crippen molar-refractivity contribution in [2.24, 2.45) is 28.9 Å². The second kappa shape index (κ2) is 14.6. The van der Waals surface area contributed by atoms with Crippen molar-refractivity contribution in [1.29, 1.82) is 0 Å². The van der Waals surface area contributed by atoms with E-state index in [1.807, 2.05) is 0 Å². The van der Waals surface area contributed by atoms with Crippen LogP contribution in [-0.2, 0) is 4.79 Å². The first kappa shape index (κ1) is 27.6. The fourth-order valence-electron chi connectivity index (χ4n) is 6.93. The number of carbonyl (C=O) groups excluding carboxylic acids is 1. The zero-order valence-electron chi connectivity index (χ0n) is 22.0. The Morgan fingerprint density at radius 1 is 0.781 bits per heavy atom. The van der Waals surface area contributed by atoms with Crippen LogP contribution < -0.4 is 5.73 Å². The molecule has 0 aromatic heterocycles. The van der Waals surface area contributed by atoms with Crippen LogP contribution in [0, 0.1) is 23.2 Å². The number of unbranched alkanes of at least 4 members (excludes halogenated alkanes) is 9. The Morgan fingerprint density at radius 3 is 1.53 bits per heavy atom. The van der Waals surface area contributed by atoms with Crippen molar-refractivity contribution in [3.8, 4) is 0 Å². The van der Waals surface area contributed by atoms with Crippen molar-refractivity contribution in [3.63, 3.8) is 0 Å². The normalized spacial score (nSPS) is 21.1. The summed E-state index contributed by atoms with van der Waals surface area (Å²) in [5, 5.41) is 0. The molecule has 0 aliphatic carbocycles. The minimum atomic E-state index is -0.304. The quantitative estimate of drug-likeness (QED) is 0.308. The van der Waals surface area contributed by atoms with E-state index in [2.05, 4.69) is 37.7 Å². The van der Waals surface area contributed by atoms with E-state index in [4.69, 9.17) is 5.73 Å². The zero-order valence-corrected chi connectivity index (χ0v) is 22.0. The van der Waals surface area contributed by atoms with Gasteiger partial charge in [0.05, 0.1) is 5.41 Å². The van der Waals surface area contributed by atoms with E-state index in [0.717, 1.165) is 58.3 Å². The smallest absolute Gasteiger partial charge is 0.224 e. The number of rotatable bonds is 15. The average molecular weight is 450 g/mol. The number of nitrogens with zero attached hydrogens (tertiary/aromatic N) is 2. The summed E-state index contributed by atoms with van der Waals surface area (Å²) in [5.74, 6) is 1.34. The van der Waals surface area contributed by atoms with Gasteiger partial charge < -0.3 is 15.5 Å². The predicted octanol–water partition coefficient (Wildman–Crippen LogP) is 6.09. The van der Waals surface area contributed by atoms with E-state index >= 15 is 0 Å². The summed E-state index contributed by atoms with van der Waals surface area (Å²) < 4.78 is 0. The van der Waals surface area contributed by atoms with Gasteiger partial charge in [0.25, 0.3) is 0 Å². The molecule has 2 fully saturated rings. The van der Waals surface area contributed by atoms with Crippen molar-refractivity contribution in [2.45, 2.75) is 110 Å². The third-order valence-electron chi connectivity index (χ3n) is 9.02. The van der Waals surface area contributed by atoms with Crippen molar-refractivity contribution in [3.05, 3.63) is 0 Å². The maximum atomic E-state index is 13.3. The van der Waals surface area contributed by atoms with Crippen LogP contribution in [0.2, 0.25) is 0 Å². The second-order valence-electron chi connectivity index (χ2n) is 11.3. The van der Waals surface area contributed by atoms with Crippen LogP contribution in [0.25, 0.3) is 0 Å². The number of primary amides is 1. The summed E-state index contributed by atoms with van der Waals surface area (Å²) >= 11 is 0. The summed E-state index contributed by atoms with van der Waals surface area (Å²) in [6.45, 7) is 9.09. The Kier molecular flexibility index (Phi) is 12.6. The van der Waals surface area contributed by atoms with Crippen LogP contribution in [0.5, 0.6) is 0 Å². The first-order valence-electron chi connectivity index (χ1n) is 14.1. The molecular formula is C28H55N3O. The molecule has 0 aromatic carbocycles. The van der Waals surface area contributed by atoms with Gasteiger partial charge in [-0.3, -0.25) is 4.79 Å². The second-order valence-corrected chi connectivity index (χ2v) is 11.3. The monoisotopic (exact) mass is 449 g/mol. The van der Waals surface area contributed by atoms with E-state index < -0.39 is 0 Å². The molecule has 4 heteroatoms. The molecule has 1 unspecified atom stereocenters. The average Bonchev–Trinajstić information content (AvgIpc) is 2.77. The zero-order chi connectivity index (χ0) is 23.4. The van der Waals surface area contributed by atoms with Crippen LogP contribution in [0.1, 0.15) is 110 Å². The summed E-state index contributed by atoms with van der Waals surface area (Å²) in [4.78, 5) is 18.1. The largest absolute Gasteiger partial charge is 0.369 e. The lowest BCUT2D eigenvalue weighted by molar-refractivity contribution is -0.146. The number of nitrogens with two attached hydrogens (primary N) is 1. The highest BCUT2D eigenvalue weighted by molar-refractivity contribution is 5.82. The van der Waals surface area contributed by atoms with Crippen molar-refractivity contribution < 1.29 is 4.79 Å². The van der Waals surface area contributed by atoms with E-state index in [1.54, 1.807) is 0 Å². The van der Waals surface area contributed by atoms with E-state index in [-0.39, 0.29) is 11.3 Å². The predicted molar refractivity (Wildman–Crippen MR) is 138 cm³/mol. The molecule has 4 nitrogen and oxygen atoms in total.